The molecule has 19 heavy (non-hydrogen) atoms. The molecule has 0 N–H and O–H groups in total. The molecule has 106 valence electrons. The predicted molar refractivity (Wildman–Crippen MR) is 79.5 cm³/mol. The highest BCUT2D eigenvalue weighted by atomic mass is 16.2. The van der Waals surface area contributed by atoms with Gasteiger partial charge in [-0.25, -0.2) is 0 Å². The van der Waals surface area contributed by atoms with Crippen molar-refractivity contribution in [2.75, 3.05) is 31.6 Å². The minimum atomic E-state index is 0.154. The number of carbonyl (C=O) groups is 1. The topological polar surface area (TPSA) is 36.4 Å². The molecule has 1 saturated heterocycles. The predicted octanol–water partition coefficient (Wildman–Crippen LogP) is 2.51. The molecule has 1 aliphatic rings. The van der Waals surface area contributed by atoms with Crippen LogP contribution in [0.4, 0.5) is 5.69 Å². The lowest BCUT2D eigenvalue weighted by Crippen LogP contribution is -2.49. The SMILES string of the molecule is CC.CC(C)c1cncc(N2CCN(C)CC2=O)c1. The molecule has 0 aliphatic carbocycles. The lowest BCUT2D eigenvalue weighted by Gasteiger charge is -2.32. The van der Waals surface area contributed by atoms with E-state index >= 15 is 0 Å². The van der Waals surface area contributed by atoms with Crippen molar-refractivity contribution in [3.05, 3.63) is 24.0 Å². The summed E-state index contributed by atoms with van der Waals surface area (Å²) in [6, 6.07) is 2.07. The Labute approximate surface area is 116 Å². The first-order chi connectivity index (χ1) is 9.08. The minimum Gasteiger partial charge on any atom is -0.308 e. The molecular formula is C15H25N3O. The highest BCUT2D eigenvalue weighted by Crippen LogP contribution is 2.21. The van der Waals surface area contributed by atoms with E-state index in [0.29, 0.717) is 12.5 Å². The van der Waals surface area contributed by atoms with Gasteiger partial charge in [0.25, 0.3) is 0 Å². The van der Waals surface area contributed by atoms with Crippen LogP contribution in [0.5, 0.6) is 0 Å². The van der Waals surface area contributed by atoms with Crippen LogP contribution in [-0.4, -0.2) is 42.5 Å². The van der Waals surface area contributed by atoms with Crippen LogP contribution in [0.2, 0.25) is 0 Å². The lowest BCUT2D eigenvalue weighted by molar-refractivity contribution is -0.120. The Kier molecular flexibility index (Phi) is 5.96. The zero-order chi connectivity index (χ0) is 14.4. The molecule has 0 saturated carbocycles. The minimum absolute atomic E-state index is 0.154. The first-order valence-corrected chi connectivity index (χ1v) is 7.02. The van der Waals surface area contributed by atoms with Crippen molar-refractivity contribution in [2.24, 2.45) is 0 Å². The van der Waals surface area contributed by atoms with E-state index in [1.165, 1.54) is 5.56 Å². The first kappa shape index (κ1) is 15.6. The molecule has 1 aliphatic heterocycles. The Hall–Kier alpha value is -1.42. The molecule has 0 atom stereocenters. The fraction of sp³-hybridized carbons (Fsp3) is 0.600. The third kappa shape index (κ3) is 4.03. The van der Waals surface area contributed by atoms with Crippen LogP contribution in [0, 0.1) is 0 Å². The van der Waals surface area contributed by atoms with Crippen molar-refractivity contribution >= 4 is 11.6 Å². The number of hydrogen-bond acceptors (Lipinski definition) is 3. The van der Waals surface area contributed by atoms with Gasteiger partial charge in [0, 0.05) is 19.3 Å². The van der Waals surface area contributed by atoms with Gasteiger partial charge in [0.2, 0.25) is 5.91 Å². The summed E-state index contributed by atoms with van der Waals surface area (Å²) in [5.41, 5.74) is 2.10. The quantitative estimate of drug-likeness (QED) is 0.822. The molecule has 1 aromatic rings. The van der Waals surface area contributed by atoms with Crippen LogP contribution < -0.4 is 4.90 Å². The fourth-order valence-corrected chi connectivity index (χ4v) is 1.97. The van der Waals surface area contributed by atoms with Crippen molar-refractivity contribution < 1.29 is 4.79 Å². The highest BCUT2D eigenvalue weighted by Gasteiger charge is 2.23. The van der Waals surface area contributed by atoms with E-state index in [9.17, 15) is 4.79 Å². The van der Waals surface area contributed by atoms with Crippen LogP contribution in [-0.2, 0) is 4.79 Å². The van der Waals surface area contributed by atoms with Gasteiger partial charge >= 0.3 is 0 Å². The van der Waals surface area contributed by atoms with Gasteiger partial charge in [-0.3, -0.25) is 14.7 Å². The van der Waals surface area contributed by atoms with Gasteiger partial charge < -0.3 is 4.90 Å². The molecule has 2 heterocycles. The molecule has 0 aromatic carbocycles. The third-order valence-electron chi connectivity index (χ3n) is 3.13. The second-order valence-electron chi connectivity index (χ2n) is 4.91. The molecule has 2 rings (SSSR count). The second kappa shape index (κ2) is 7.24. The Balaban J connectivity index is 0.000000861. The van der Waals surface area contributed by atoms with E-state index in [4.69, 9.17) is 0 Å². The number of piperazine rings is 1. The number of hydrogen-bond donors (Lipinski definition) is 0. The smallest absolute Gasteiger partial charge is 0.241 e. The molecular weight excluding hydrogens is 238 g/mol. The van der Waals surface area contributed by atoms with Gasteiger partial charge in [-0.1, -0.05) is 27.7 Å². The van der Waals surface area contributed by atoms with Crippen LogP contribution in [0.15, 0.2) is 18.5 Å². The third-order valence-corrected chi connectivity index (χ3v) is 3.13. The number of nitrogens with zero attached hydrogens (tertiary/aromatic N) is 3. The van der Waals surface area contributed by atoms with Crippen molar-refractivity contribution in [2.45, 2.75) is 33.6 Å². The summed E-state index contributed by atoms with van der Waals surface area (Å²) >= 11 is 0. The summed E-state index contributed by atoms with van der Waals surface area (Å²) in [7, 11) is 1.97. The van der Waals surface area contributed by atoms with E-state index in [-0.39, 0.29) is 5.91 Å². The van der Waals surface area contributed by atoms with Crippen molar-refractivity contribution in [1.29, 1.82) is 0 Å². The molecule has 0 unspecified atom stereocenters. The van der Waals surface area contributed by atoms with Crippen LogP contribution >= 0.6 is 0 Å². The number of amides is 1. The Morgan fingerprint density at radius 1 is 1.21 bits per heavy atom. The molecule has 0 spiro atoms. The van der Waals surface area contributed by atoms with Gasteiger partial charge in [0.1, 0.15) is 0 Å². The van der Waals surface area contributed by atoms with Crippen LogP contribution in [0.25, 0.3) is 0 Å². The summed E-state index contributed by atoms with van der Waals surface area (Å²) in [6.07, 6.45) is 3.64. The van der Waals surface area contributed by atoms with Gasteiger partial charge in [-0.15, -0.1) is 0 Å². The van der Waals surface area contributed by atoms with Crippen LogP contribution in [0.3, 0.4) is 0 Å². The fourth-order valence-electron chi connectivity index (χ4n) is 1.97. The summed E-state index contributed by atoms with van der Waals surface area (Å²) in [6.45, 7) is 10.4. The molecule has 4 nitrogen and oxygen atoms in total. The standard InChI is InChI=1S/C13H19N3O.C2H6/c1-10(2)11-6-12(8-14-7-11)16-5-4-15(3)9-13(16)17;1-2/h6-8,10H,4-5,9H2,1-3H3;1-2H3. The maximum Gasteiger partial charge on any atom is 0.241 e. The number of pyridine rings is 1. The average Bonchev–Trinajstić information content (AvgIpc) is 2.41. The summed E-state index contributed by atoms with van der Waals surface area (Å²) in [5, 5.41) is 0. The maximum atomic E-state index is 11.9. The molecule has 0 bridgehead atoms. The Morgan fingerprint density at radius 2 is 1.89 bits per heavy atom. The molecule has 1 amide bonds. The van der Waals surface area contributed by atoms with E-state index in [2.05, 4.69) is 24.9 Å². The zero-order valence-corrected chi connectivity index (χ0v) is 12.7. The van der Waals surface area contributed by atoms with Gasteiger partial charge in [-0.2, -0.15) is 0 Å². The second-order valence-corrected chi connectivity index (χ2v) is 4.91. The number of rotatable bonds is 2. The van der Waals surface area contributed by atoms with Gasteiger partial charge in [-0.05, 0) is 24.6 Å². The molecule has 4 heteroatoms. The monoisotopic (exact) mass is 263 g/mol. The highest BCUT2D eigenvalue weighted by molar-refractivity contribution is 5.95. The lowest BCUT2D eigenvalue weighted by atomic mass is 10.1. The molecule has 1 fully saturated rings. The van der Waals surface area contributed by atoms with E-state index in [0.717, 1.165) is 18.8 Å². The summed E-state index contributed by atoms with van der Waals surface area (Å²) in [5.74, 6) is 0.589. The Bertz CT molecular complexity index is 418. The van der Waals surface area contributed by atoms with Crippen molar-refractivity contribution in [3.63, 3.8) is 0 Å². The maximum absolute atomic E-state index is 11.9. The normalized spacial score (nSPS) is 16.3. The number of aromatic nitrogens is 1. The van der Waals surface area contributed by atoms with Gasteiger partial charge in [0.05, 0.1) is 18.4 Å². The van der Waals surface area contributed by atoms with Crippen molar-refractivity contribution in [3.8, 4) is 0 Å². The zero-order valence-electron chi connectivity index (χ0n) is 12.7. The molecule has 1 aromatic heterocycles. The summed E-state index contributed by atoms with van der Waals surface area (Å²) in [4.78, 5) is 20.0. The van der Waals surface area contributed by atoms with E-state index in [1.807, 2.05) is 36.9 Å². The number of anilines is 1. The number of carbonyl (C=O) groups excluding carboxylic acids is 1. The Morgan fingerprint density at radius 3 is 2.47 bits per heavy atom. The van der Waals surface area contributed by atoms with Crippen LogP contribution in [0.1, 0.15) is 39.2 Å². The molecule has 0 radical (unpaired) electrons. The number of likely N-dealkylation sites (N-methyl/N-ethyl adjacent to an activating group) is 1. The largest absolute Gasteiger partial charge is 0.308 e. The summed E-state index contributed by atoms with van der Waals surface area (Å²) < 4.78 is 0. The van der Waals surface area contributed by atoms with E-state index < -0.39 is 0 Å². The van der Waals surface area contributed by atoms with E-state index in [1.54, 1.807) is 6.20 Å². The van der Waals surface area contributed by atoms with Crippen molar-refractivity contribution in [1.82, 2.24) is 9.88 Å². The van der Waals surface area contributed by atoms with Gasteiger partial charge in [0.15, 0.2) is 0 Å². The first-order valence-electron chi connectivity index (χ1n) is 7.02. The average molecular weight is 263 g/mol.